The van der Waals surface area contributed by atoms with Gasteiger partial charge in [0.15, 0.2) is 0 Å². The van der Waals surface area contributed by atoms with Gasteiger partial charge in [0, 0.05) is 43.8 Å². The molecule has 4 aromatic heterocycles. The summed E-state index contributed by atoms with van der Waals surface area (Å²) in [5, 5.41) is 4.32. The second kappa shape index (κ2) is 8.78. The van der Waals surface area contributed by atoms with Crippen LogP contribution in [0.3, 0.4) is 0 Å². The van der Waals surface area contributed by atoms with Crippen LogP contribution in [0.25, 0.3) is 22.3 Å². The first kappa shape index (κ1) is 21.9. The minimum Gasteiger partial charge on any atom is -0.339 e. The molecule has 1 aliphatic heterocycles. The summed E-state index contributed by atoms with van der Waals surface area (Å²) in [4.78, 5) is 31.1. The van der Waals surface area contributed by atoms with Crippen LogP contribution in [0.4, 0.5) is 11.5 Å². The molecule has 0 bridgehead atoms. The average Bonchev–Trinajstić information content (AvgIpc) is 3.45. The zero-order valence-corrected chi connectivity index (χ0v) is 19.7. The monoisotopic (exact) mass is 455 g/mol. The molecule has 5 heterocycles. The van der Waals surface area contributed by atoms with E-state index in [0.717, 1.165) is 40.3 Å². The predicted octanol–water partition coefficient (Wildman–Crippen LogP) is 4.96. The summed E-state index contributed by atoms with van der Waals surface area (Å²) in [7, 11) is 0. The number of allylic oxidation sites excluding steroid dienone is 1. The lowest BCUT2D eigenvalue weighted by molar-refractivity contribution is -0.129. The van der Waals surface area contributed by atoms with Gasteiger partial charge in [-0.1, -0.05) is 39.0 Å². The Kier molecular flexibility index (Phi) is 5.65. The number of aromatic amines is 1. The summed E-state index contributed by atoms with van der Waals surface area (Å²) in [5.41, 5.74) is 4.89. The summed E-state index contributed by atoms with van der Waals surface area (Å²) in [6.45, 7) is 7.73. The van der Waals surface area contributed by atoms with Crippen molar-refractivity contribution in [2.45, 2.75) is 33.6 Å². The summed E-state index contributed by atoms with van der Waals surface area (Å²) < 4.78 is 1.96. The molecule has 0 fully saturated rings. The molecule has 8 nitrogen and oxygen atoms in total. The SMILES string of the molecule is CC(C)(C)/C=C/CC(=O)N1CC=C(c2cc3c(Nc4ccc5nccn5c4)ncnc3[nH]2)CC1. The van der Waals surface area contributed by atoms with Crippen LogP contribution >= 0.6 is 0 Å². The summed E-state index contributed by atoms with van der Waals surface area (Å²) in [6.07, 6.45) is 14.7. The van der Waals surface area contributed by atoms with Crippen LogP contribution in [0.15, 0.2) is 61.3 Å². The Morgan fingerprint density at radius 3 is 2.91 bits per heavy atom. The van der Waals surface area contributed by atoms with Crippen LogP contribution in [0.1, 0.15) is 39.3 Å². The van der Waals surface area contributed by atoms with E-state index in [-0.39, 0.29) is 11.3 Å². The fourth-order valence-electron chi connectivity index (χ4n) is 4.13. The molecule has 5 rings (SSSR count). The molecule has 4 aromatic rings. The molecule has 34 heavy (non-hydrogen) atoms. The number of amides is 1. The lowest BCUT2D eigenvalue weighted by atomic mass is 9.96. The fourth-order valence-corrected chi connectivity index (χ4v) is 4.13. The van der Waals surface area contributed by atoms with Crippen molar-refractivity contribution in [2.24, 2.45) is 5.41 Å². The van der Waals surface area contributed by atoms with E-state index in [1.165, 1.54) is 5.57 Å². The molecule has 0 aliphatic carbocycles. The lowest BCUT2D eigenvalue weighted by Gasteiger charge is -2.26. The van der Waals surface area contributed by atoms with Crippen molar-refractivity contribution < 1.29 is 4.79 Å². The normalized spacial score (nSPS) is 14.8. The van der Waals surface area contributed by atoms with Crippen LogP contribution in [0.5, 0.6) is 0 Å². The van der Waals surface area contributed by atoms with Gasteiger partial charge < -0.3 is 19.6 Å². The maximum absolute atomic E-state index is 12.6. The van der Waals surface area contributed by atoms with Gasteiger partial charge in [0.25, 0.3) is 0 Å². The number of carbonyl (C=O) groups is 1. The Balaban J connectivity index is 1.31. The number of hydrogen-bond acceptors (Lipinski definition) is 5. The fraction of sp³-hybridized carbons (Fsp3) is 0.308. The minimum absolute atomic E-state index is 0.0910. The highest BCUT2D eigenvalue weighted by Crippen LogP contribution is 2.29. The zero-order chi connectivity index (χ0) is 23.7. The number of nitrogens with one attached hydrogen (secondary N) is 2. The zero-order valence-electron chi connectivity index (χ0n) is 19.7. The molecule has 0 atom stereocenters. The molecular formula is C26H29N7O. The Hall–Kier alpha value is -3.94. The minimum atomic E-state index is 0.0910. The molecule has 8 heteroatoms. The van der Waals surface area contributed by atoms with E-state index in [2.05, 4.69) is 64.2 Å². The number of carbonyl (C=O) groups excluding carboxylic acids is 1. The maximum atomic E-state index is 12.6. The van der Waals surface area contributed by atoms with Gasteiger partial charge in [-0.3, -0.25) is 4.79 Å². The van der Waals surface area contributed by atoms with Gasteiger partial charge in [-0.25, -0.2) is 15.0 Å². The smallest absolute Gasteiger partial charge is 0.226 e. The van der Waals surface area contributed by atoms with Gasteiger partial charge in [-0.05, 0) is 35.6 Å². The van der Waals surface area contributed by atoms with Crippen molar-refractivity contribution in [2.75, 3.05) is 18.4 Å². The van der Waals surface area contributed by atoms with Gasteiger partial charge in [0.2, 0.25) is 5.91 Å². The highest BCUT2D eigenvalue weighted by atomic mass is 16.2. The molecule has 174 valence electrons. The molecule has 1 aliphatic rings. The number of H-pyrrole nitrogens is 1. The third-order valence-electron chi connectivity index (χ3n) is 5.90. The van der Waals surface area contributed by atoms with E-state index in [4.69, 9.17) is 0 Å². The van der Waals surface area contributed by atoms with E-state index >= 15 is 0 Å². The second-order valence-electron chi connectivity index (χ2n) is 9.69. The van der Waals surface area contributed by atoms with Crippen molar-refractivity contribution in [3.8, 4) is 0 Å². The lowest BCUT2D eigenvalue weighted by Crippen LogP contribution is -2.34. The largest absolute Gasteiger partial charge is 0.339 e. The first-order valence-electron chi connectivity index (χ1n) is 11.5. The molecule has 1 amide bonds. The third-order valence-corrected chi connectivity index (χ3v) is 5.90. The van der Waals surface area contributed by atoms with E-state index in [0.29, 0.717) is 19.5 Å². The van der Waals surface area contributed by atoms with Crippen LogP contribution in [0.2, 0.25) is 0 Å². The summed E-state index contributed by atoms with van der Waals surface area (Å²) >= 11 is 0. The first-order chi connectivity index (χ1) is 16.4. The Labute approximate surface area is 198 Å². The molecule has 0 spiro atoms. The molecule has 0 saturated carbocycles. The Bertz CT molecular complexity index is 1400. The first-order valence-corrected chi connectivity index (χ1v) is 11.5. The van der Waals surface area contributed by atoms with E-state index in [1.807, 2.05) is 39.9 Å². The van der Waals surface area contributed by atoms with E-state index < -0.39 is 0 Å². The number of pyridine rings is 1. The number of aromatic nitrogens is 5. The van der Waals surface area contributed by atoms with Crippen molar-refractivity contribution in [1.29, 1.82) is 0 Å². The van der Waals surface area contributed by atoms with Crippen molar-refractivity contribution in [3.05, 3.63) is 67.0 Å². The topological polar surface area (TPSA) is 91.2 Å². The molecule has 2 N–H and O–H groups in total. The number of anilines is 2. The van der Waals surface area contributed by atoms with Crippen LogP contribution in [-0.4, -0.2) is 48.2 Å². The van der Waals surface area contributed by atoms with Crippen molar-refractivity contribution in [1.82, 2.24) is 29.2 Å². The second-order valence-corrected chi connectivity index (χ2v) is 9.69. The highest BCUT2D eigenvalue weighted by Gasteiger charge is 2.19. The summed E-state index contributed by atoms with van der Waals surface area (Å²) in [6, 6.07) is 6.03. The van der Waals surface area contributed by atoms with Gasteiger partial charge in [0.1, 0.15) is 23.4 Å². The van der Waals surface area contributed by atoms with Gasteiger partial charge in [-0.15, -0.1) is 0 Å². The number of hydrogen-bond donors (Lipinski definition) is 2. The number of imidazole rings is 1. The van der Waals surface area contributed by atoms with Crippen LogP contribution < -0.4 is 5.32 Å². The Morgan fingerprint density at radius 1 is 1.24 bits per heavy atom. The molecule has 0 saturated heterocycles. The van der Waals surface area contributed by atoms with Gasteiger partial charge in [0.05, 0.1) is 11.1 Å². The van der Waals surface area contributed by atoms with E-state index in [9.17, 15) is 4.79 Å². The van der Waals surface area contributed by atoms with Crippen LogP contribution in [-0.2, 0) is 4.79 Å². The molecular weight excluding hydrogens is 426 g/mol. The average molecular weight is 456 g/mol. The highest BCUT2D eigenvalue weighted by molar-refractivity contribution is 5.92. The maximum Gasteiger partial charge on any atom is 0.226 e. The number of rotatable bonds is 5. The van der Waals surface area contributed by atoms with Crippen LogP contribution in [0, 0.1) is 5.41 Å². The molecule has 0 aromatic carbocycles. The molecule has 0 radical (unpaired) electrons. The quantitative estimate of drug-likeness (QED) is 0.415. The Morgan fingerprint density at radius 2 is 2.12 bits per heavy atom. The number of fused-ring (bicyclic) bond motifs is 2. The standard InChI is InChI=1S/C26H29N7O/c1-26(2,3)10-4-5-23(34)32-12-8-18(9-13-32)21-15-20-24(28-17-29-25(20)31-21)30-19-6-7-22-27-11-14-33(22)16-19/h4,6-8,10-11,14-17H,5,9,12-13H2,1-3H3,(H2,28,29,30,31)/b10-4+. The van der Waals surface area contributed by atoms with Crippen molar-refractivity contribution >= 4 is 39.7 Å². The van der Waals surface area contributed by atoms with E-state index in [1.54, 1.807) is 12.5 Å². The third kappa shape index (κ3) is 4.71. The van der Waals surface area contributed by atoms with Gasteiger partial charge in [-0.2, -0.15) is 0 Å². The molecule has 0 unspecified atom stereocenters. The van der Waals surface area contributed by atoms with Gasteiger partial charge >= 0.3 is 0 Å². The summed E-state index contributed by atoms with van der Waals surface area (Å²) in [5.74, 6) is 0.908. The van der Waals surface area contributed by atoms with Crippen molar-refractivity contribution in [3.63, 3.8) is 0 Å². The predicted molar refractivity (Wildman–Crippen MR) is 135 cm³/mol. The number of nitrogens with zero attached hydrogens (tertiary/aromatic N) is 5.